The summed E-state index contributed by atoms with van der Waals surface area (Å²) in [7, 11) is 0. The fourth-order valence-electron chi connectivity index (χ4n) is 3.65. The summed E-state index contributed by atoms with van der Waals surface area (Å²) in [4.78, 5) is 32.0. The van der Waals surface area contributed by atoms with Crippen LogP contribution in [0.4, 0.5) is 0 Å². The van der Waals surface area contributed by atoms with Crippen LogP contribution in [0.3, 0.4) is 0 Å². The highest BCUT2D eigenvalue weighted by molar-refractivity contribution is 5.92. The molecule has 4 unspecified atom stereocenters. The fraction of sp³-hybridized carbons (Fsp3) is 0.733. The number of carbonyl (C=O) groups is 2. The number of carboxylic acid groups (broad SMARTS) is 1. The molecule has 1 N–H and O–H groups in total. The highest BCUT2D eigenvalue weighted by Crippen LogP contribution is 2.61. The van der Waals surface area contributed by atoms with E-state index in [4.69, 9.17) is 14.9 Å². The molecule has 0 saturated heterocycles. The Kier molecular flexibility index (Phi) is 3.91. The van der Waals surface area contributed by atoms with Crippen LogP contribution in [0.1, 0.15) is 40.0 Å². The van der Waals surface area contributed by atoms with Gasteiger partial charge in [-0.1, -0.05) is 27.4 Å². The molecule has 0 amide bonds. The molecule has 0 radical (unpaired) electrons. The summed E-state index contributed by atoms with van der Waals surface area (Å²) in [5.74, 6) is -0.378. The average Bonchev–Trinajstić information content (AvgIpc) is 2.35. The molecule has 3 aliphatic carbocycles. The number of rotatable bonds is 5. The molecule has 0 aromatic carbocycles. The van der Waals surface area contributed by atoms with E-state index in [2.05, 4.69) is 27.4 Å². The fourth-order valence-corrected chi connectivity index (χ4v) is 3.65. The molecule has 0 spiro atoms. The van der Waals surface area contributed by atoms with Crippen molar-refractivity contribution in [1.29, 1.82) is 0 Å². The van der Waals surface area contributed by atoms with Gasteiger partial charge in [0.25, 0.3) is 0 Å². The summed E-state index contributed by atoms with van der Waals surface area (Å²) < 4.78 is 0. The Bertz CT molecular complexity index is 440. The van der Waals surface area contributed by atoms with Crippen LogP contribution in [0.25, 0.3) is 0 Å². The molecule has 3 fully saturated rings. The minimum atomic E-state index is -1.11. The van der Waals surface area contributed by atoms with Gasteiger partial charge in [-0.15, -0.1) is 0 Å². The molecule has 4 atom stereocenters. The average molecular weight is 282 g/mol. The van der Waals surface area contributed by atoms with E-state index in [1.165, 1.54) is 6.42 Å². The molecule has 20 heavy (non-hydrogen) atoms. The lowest BCUT2D eigenvalue weighted by atomic mass is 9.45. The Morgan fingerprint density at radius 2 is 2.00 bits per heavy atom. The lowest BCUT2D eigenvalue weighted by Crippen LogP contribution is -2.57. The van der Waals surface area contributed by atoms with Crippen molar-refractivity contribution in [2.75, 3.05) is 0 Å². The Balaban J connectivity index is 1.83. The van der Waals surface area contributed by atoms with Gasteiger partial charge in [-0.25, -0.2) is 4.79 Å². The molecule has 3 aliphatic rings. The van der Waals surface area contributed by atoms with Crippen LogP contribution >= 0.6 is 0 Å². The first-order valence-corrected chi connectivity index (χ1v) is 7.00. The van der Waals surface area contributed by atoms with Gasteiger partial charge in [0.05, 0.1) is 6.42 Å². The highest BCUT2D eigenvalue weighted by atomic mass is 17.2. The van der Waals surface area contributed by atoms with E-state index >= 15 is 0 Å². The molecule has 2 bridgehead atoms. The highest BCUT2D eigenvalue weighted by Gasteiger charge is 2.57. The van der Waals surface area contributed by atoms with Crippen LogP contribution in [0, 0.1) is 23.2 Å². The smallest absolute Gasteiger partial charge is 0.369 e. The molecule has 3 rings (SSSR count). The zero-order valence-corrected chi connectivity index (χ0v) is 12.2. The number of hydrogen-bond acceptors (Lipinski definition) is 4. The van der Waals surface area contributed by atoms with Gasteiger partial charge in [0.1, 0.15) is 6.10 Å². The topological polar surface area (TPSA) is 72.8 Å². The quantitative estimate of drug-likeness (QED) is 0.476. The van der Waals surface area contributed by atoms with Crippen LogP contribution in [-0.4, -0.2) is 23.1 Å². The number of fused-ring (bicyclic) bond motifs is 2. The van der Waals surface area contributed by atoms with E-state index < -0.39 is 18.4 Å². The third-order valence-corrected chi connectivity index (χ3v) is 5.18. The predicted octanol–water partition coefficient (Wildman–Crippen LogP) is 2.56. The molecule has 3 saturated carbocycles. The first-order valence-electron chi connectivity index (χ1n) is 7.00. The van der Waals surface area contributed by atoms with Gasteiger partial charge in [-0.3, -0.25) is 9.68 Å². The second-order valence-corrected chi connectivity index (χ2v) is 6.63. The second-order valence-electron chi connectivity index (χ2n) is 6.63. The van der Waals surface area contributed by atoms with E-state index in [1.807, 2.05) is 0 Å². The van der Waals surface area contributed by atoms with Crippen molar-refractivity contribution in [3.63, 3.8) is 0 Å². The van der Waals surface area contributed by atoms with Crippen molar-refractivity contribution in [3.05, 3.63) is 12.2 Å². The zero-order valence-electron chi connectivity index (χ0n) is 12.2. The molecule has 112 valence electrons. The third kappa shape index (κ3) is 2.59. The van der Waals surface area contributed by atoms with Crippen LogP contribution < -0.4 is 0 Å². The van der Waals surface area contributed by atoms with Gasteiger partial charge < -0.3 is 5.11 Å². The van der Waals surface area contributed by atoms with Crippen LogP contribution in [0.5, 0.6) is 0 Å². The Morgan fingerprint density at radius 1 is 1.35 bits per heavy atom. The summed E-state index contributed by atoms with van der Waals surface area (Å²) in [6, 6.07) is 0. The Hall–Kier alpha value is -1.36. The molecule has 0 aliphatic heterocycles. The number of aliphatic carboxylic acids is 1. The predicted molar refractivity (Wildman–Crippen MR) is 71.5 cm³/mol. The van der Waals surface area contributed by atoms with Crippen LogP contribution in [0.2, 0.25) is 0 Å². The minimum Gasteiger partial charge on any atom is -0.481 e. The summed E-state index contributed by atoms with van der Waals surface area (Å²) in [6.45, 7) is 10.1. The SMILES string of the molecule is C=C(CC(=O)O)C(=O)OOC1CC2CC(C1C)C2(C)C. The van der Waals surface area contributed by atoms with E-state index in [0.29, 0.717) is 23.2 Å². The molecule has 0 heterocycles. The monoisotopic (exact) mass is 282 g/mol. The zero-order chi connectivity index (χ0) is 15.1. The third-order valence-electron chi connectivity index (χ3n) is 5.18. The Labute approximate surface area is 118 Å². The van der Waals surface area contributed by atoms with Crippen molar-refractivity contribution in [2.45, 2.75) is 46.1 Å². The summed E-state index contributed by atoms with van der Waals surface area (Å²) in [5.41, 5.74) is 0.238. The van der Waals surface area contributed by atoms with E-state index in [0.717, 1.165) is 6.42 Å². The Morgan fingerprint density at radius 3 is 2.50 bits per heavy atom. The maximum Gasteiger partial charge on any atom is 0.369 e. The minimum absolute atomic E-state index is 0.103. The van der Waals surface area contributed by atoms with Crippen LogP contribution in [-0.2, 0) is 19.4 Å². The van der Waals surface area contributed by atoms with Gasteiger partial charge in [0, 0.05) is 5.57 Å². The van der Waals surface area contributed by atoms with Crippen molar-refractivity contribution in [3.8, 4) is 0 Å². The van der Waals surface area contributed by atoms with Gasteiger partial charge in [-0.2, -0.15) is 4.89 Å². The largest absolute Gasteiger partial charge is 0.481 e. The molecule has 0 aromatic rings. The standard InChI is InChI=1S/C15H22O5/c1-8(5-13(16)17)14(18)20-19-12-7-10-6-11(9(12)2)15(10,3)4/h9-12H,1,5-7H2,2-4H3,(H,16,17). The lowest BCUT2D eigenvalue weighted by molar-refractivity contribution is -0.330. The number of carbonyl (C=O) groups excluding carboxylic acids is 1. The van der Waals surface area contributed by atoms with Crippen molar-refractivity contribution in [1.82, 2.24) is 0 Å². The van der Waals surface area contributed by atoms with Gasteiger partial charge in [-0.05, 0) is 36.0 Å². The molecule has 5 heteroatoms. The normalized spacial score (nSPS) is 34.0. The van der Waals surface area contributed by atoms with Crippen molar-refractivity contribution in [2.24, 2.45) is 23.2 Å². The first kappa shape index (κ1) is 15.0. The maximum atomic E-state index is 11.5. The summed E-state index contributed by atoms with van der Waals surface area (Å²) in [5, 5.41) is 8.58. The maximum absolute atomic E-state index is 11.5. The van der Waals surface area contributed by atoms with Gasteiger partial charge in [0.15, 0.2) is 0 Å². The molecular formula is C15H22O5. The second kappa shape index (κ2) is 5.20. The summed E-state index contributed by atoms with van der Waals surface area (Å²) >= 11 is 0. The first-order chi connectivity index (χ1) is 9.23. The van der Waals surface area contributed by atoms with Gasteiger partial charge in [0.2, 0.25) is 0 Å². The molecule has 0 aromatic heterocycles. The lowest BCUT2D eigenvalue weighted by Gasteiger charge is -2.61. The van der Waals surface area contributed by atoms with Gasteiger partial charge >= 0.3 is 11.9 Å². The van der Waals surface area contributed by atoms with Crippen molar-refractivity contribution < 1.29 is 24.5 Å². The van der Waals surface area contributed by atoms with Crippen molar-refractivity contribution >= 4 is 11.9 Å². The van der Waals surface area contributed by atoms with E-state index in [9.17, 15) is 9.59 Å². The summed E-state index contributed by atoms with van der Waals surface area (Å²) in [6.07, 6.45) is 1.56. The van der Waals surface area contributed by atoms with E-state index in [-0.39, 0.29) is 11.7 Å². The number of carboxylic acids is 1. The number of hydrogen-bond donors (Lipinski definition) is 1. The molecule has 5 nitrogen and oxygen atoms in total. The van der Waals surface area contributed by atoms with Crippen LogP contribution in [0.15, 0.2) is 12.2 Å². The van der Waals surface area contributed by atoms with E-state index in [1.54, 1.807) is 0 Å². The molecular weight excluding hydrogens is 260 g/mol.